The Balaban J connectivity index is 1.57. The Morgan fingerprint density at radius 1 is 1.17 bits per heavy atom. The molecular formula is C24H24ClF4N7O4S. The van der Waals surface area contributed by atoms with Gasteiger partial charge in [0.15, 0.2) is 5.82 Å². The number of rotatable bonds is 9. The van der Waals surface area contributed by atoms with Crippen molar-refractivity contribution in [2.75, 3.05) is 41.9 Å². The SMILES string of the molecule is CN(C)[C@H]1CN(c2cc(C(F)(F)F)ccn2)CC[C@@H]1Nc1cc(F)c(S(=O)(=O)N(OC=O)c2ccncn2)cc1Cl. The highest BCUT2D eigenvalue weighted by Gasteiger charge is 2.36. The number of alkyl halides is 3. The molecule has 1 aromatic carbocycles. The van der Waals surface area contributed by atoms with Crippen LogP contribution in [0.15, 0.2) is 53.9 Å². The number of carbonyl (C=O) groups excluding carboxylic acids is 1. The van der Waals surface area contributed by atoms with E-state index in [0.29, 0.717) is 19.5 Å². The largest absolute Gasteiger partial charge is 0.416 e. The van der Waals surface area contributed by atoms with E-state index in [9.17, 15) is 26.4 Å². The summed E-state index contributed by atoms with van der Waals surface area (Å²) in [6, 6.07) is 4.19. The number of hydrogen-bond acceptors (Lipinski definition) is 10. The summed E-state index contributed by atoms with van der Waals surface area (Å²) in [6.07, 6.45) is -0.780. The molecule has 0 aliphatic carbocycles. The highest BCUT2D eigenvalue weighted by atomic mass is 35.5. The number of likely N-dealkylation sites (N-methyl/N-ethyl adjacent to an activating group) is 1. The molecule has 1 saturated heterocycles. The maximum Gasteiger partial charge on any atom is 0.416 e. The van der Waals surface area contributed by atoms with Crippen LogP contribution in [0.1, 0.15) is 12.0 Å². The summed E-state index contributed by atoms with van der Waals surface area (Å²) < 4.78 is 81.4. The Morgan fingerprint density at radius 3 is 2.56 bits per heavy atom. The van der Waals surface area contributed by atoms with E-state index < -0.39 is 32.5 Å². The van der Waals surface area contributed by atoms with E-state index in [1.807, 2.05) is 4.90 Å². The van der Waals surface area contributed by atoms with Gasteiger partial charge in [0.25, 0.3) is 10.0 Å². The van der Waals surface area contributed by atoms with Crippen LogP contribution >= 0.6 is 11.6 Å². The van der Waals surface area contributed by atoms with Crippen molar-refractivity contribution in [1.29, 1.82) is 0 Å². The average molecular weight is 618 g/mol. The molecule has 1 N–H and O–H groups in total. The Kier molecular flexibility index (Phi) is 8.84. The first-order valence-corrected chi connectivity index (χ1v) is 13.8. The van der Waals surface area contributed by atoms with Gasteiger partial charge in [0, 0.05) is 43.6 Å². The number of halogens is 5. The van der Waals surface area contributed by atoms with Gasteiger partial charge in [0.1, 0.15) is 22.9 Å². The fourth-order valence-electron chi connectivity index (χ4n) is 4.39. The van der Waals surface area contributed by atoms with Gasteiger partial charge in [-0.05, 0) is 44.8 Å². The minimum absolute atomic E-state index is 0.0931. The molecule has 1 aliphatic rings. The number of nitrogens with one attached hydrogen (secondary N) is 1. The Hall–Kier alpha value is -3.76. The second-order valence-corrected chi connectivity index (χ2v) is 11.3. The maximum absolute atomic E-state index is 15.3. The van der Waals surface area contributed by atoms with Gasteiger partial charge in [-0.1, -0.05) is 16.1 Å². The summed E-state index contributed by atoms with van der Waals surface area (Å²) >= 11 is 6.38. The molecule has 1 aliphatic heterocycles. The molecule has 0 bridgehead atoms. The molecule has 2 atom stereocenters. The number of hydrogen-bond donors (Lipinski definition) is 1. The zero-order valence-corrected chi connectivity index (χ0v) is 23.2. The van der Waals surface area contributed by atoms with Crippen molar-refractivity contribution < 1.29 is 35.6 Å². The number of piperidine rings is 1. The lowest BCUT2D eigenvalue weighted by atomic mass is 9.97. The second-order valence-electron chi connectivity index (χ2n) is 9.18. The molecule has 41 heavy (non-hydrogen) atoms. The van der Waals surface area contributed by atoms with E-state index >= 15 is 4.39 Å². The average Bonchev–Trinajstić information content (AvgIpc) is 2.93. The predicted octanol–water partition coefficient (Wildman–Crippen LogP) is 3.59. The second kappa shape index (κ2) is 12.0. The molecule has 2 aromatic heterocycles. The van der Waals surface area contributed by atoms with E-state index in [1.54, 1.807) is 19.0 Å². The van der Waals surface area contributed by atoms with E-state index in [-0.39, 0.29) is 45.4 Å². The summed E-state index contributed by atoms with van der Waals surface area (Å²) in [5.41, 5.74) is -0.714. The van der Waals surface area contributed by atoms with Crippen LogP contribution in [0.3, 0.4) is 0 Å². The van der Waals surface area contributed by atoms with Gasteiger partial charge in [0.05, 0.1) is 16.3 Å². The van der Waals surface area contributed by atoms with Crippen molar-refractivity contribution in [3.63, 3.8) is 0 Å². The molecule has 3 heterocycles. The van der Waals surface area contributed by atoms with Crippen molar-refractivity contribution in [2.45, 2.75) is 29.6 Å². The monoisotopic (exact) mass is 617 g/mol. The number of carbonyl (C=O) groups is 1. The molecule has 0 unspecified atom stereocenters. The fourth-order valence-corrected chi connectivity index (χ4v) is 5.93. The smallest absolute Gasteiger partial charge is 0.379 e. The molecule has 3 aromatic rings. The van der Waals surface area contributed by atoms with Gasteiger partial charge >= 0.3 is 12.6 Å². The third-order valence-electron chi connectivity index (χ3n) is 6.39. The number of aromatic nitrogens is 3. The zero-order chi connectivity index (χ0) is 29.9. The summed E-state index contributed by atoms with van der Waals surface area (Å²) in [7, 11) is -1.22. The van der Waals surface area contributed by atoms with Crippen molar-refractivity contribution >= 4 is 45.4 Å². The van der Waals surface area contributed by atoms with Gasteiger partial charge in [-0.2, -0.15) is 21.6 Å². The number of anilines is 3. The van der Waals surface area contributed by atoms with Crippen LogP contribution in [0, 0.1) is 5.82 Å². The summed E-state index contributed by atoms with van der Waals surface area (Å²) in [4.78, 5) is 29.8. The van der Waals surface area contributed by atoms with Crippen LogP contribution in [-0.4, -0.2) is 74.0 Å². The van der Waals surface area contributed by atoms with Crippen LogP contribution in [0.4, 0.5) is 34.9 Å². The first kappa shape index (κ1) is 30.2. The molecule has 0 radical (unpaired) electrons. The summed E-state index contributed by atoms with van der Waals surface area (Å²) in [5, 5.41) is 3.00. The Labute approximate surface area is 237 Å². The topological polar surface area (TPSA) is 121 Å². The molecule has 0 amide bonds. The van der Waals surface area contributed by atoms with Crippen molar-refractivity contribution in [1.82, 2.24) is 19.9 Å². The van der Waals surface area contributed by atoms with Crippen LogP contribution in [-0.2, 0) is 25.8 Å². The van der Waals surface area contributed by atoms with Gasteiger partial charge in [-0.15, -0.1) is 0 Å². The zero-order valence-electron chi connectivity index (χ0n) is 21.6. The van der Waals surface area contributed by atoms with E-state index in [2.05, 4.69) is 25.1 Å². The lowest BCUT2D eigenvalue weighted by Gasteiger charge is -2.43. The summed E-state index contributed by atoms with van der Waals surface area (Å²) in [5.74, 6) is -1.35. The van der Waals surface area contributed by atoms with Crippen LogP contribution in [0.5, 0.6) is 0 Å². The minimum atomic E-state index is -4.80. The number of pyridine rings is 1. The lowest BCUT2D eigenvalue weighted by Crippen LogP contribution is -2.56. The maximum atomic E-state index is 15.3. The van der Waals surface area contributed by atoms with Crippen molar-refractivity contribution in [3.05, 3.63) is 65.5 Å². The minimum Gasteiger partial charge on any atom is -0.379 e. The van der Waals surface area contributed by atoms with Crippen molar-refractivity contribution in [3.8, 4) is 0 Å². The molecule has 0 saturated carbocycles. The van der Waals surface area contributed by atoms with Crippen molar-refractivity contribution in [2.24, 2.45) is 0 Å². The number of benzene rings is 1. The van der Waals surface area contributed by atoms with Gasteiger partial charge in [-0.25, -0.2) is 19.3 Å². The first-order chi connectivity index (χ1) is 19.3. The Morgan fingerprint density at radius 2 is 1.93 bits per heavy atom. The quantitative estimate of drug-likeness (QED) is 0.217. The van der Waals surface area contributed by atoms with Gasteiger partial charge in [-0.3, -0.25) is 4.79 Å². The number of sulfonamides is 1. The molecule has 1 fully saturated rings. The molecule has 17 heteroatoms. The van der Waals surface area contributed by atoms with Gasteiger partial charge in [0.2, 0.25) is 0 Å². The molecule has 220 valence electrons. The normalized spacial score (nSPS) is 17.8. The highest BCUT2D eigenvalue weighted by Crippen LogP contribution is 2.34. The molecular weight excluding hydrogens is 594 g/mol. The third kappa shape index (κ3) is 6.60. The highest BCUT2D eigenvalue weighted by molar-refractivity contribution is 7.92. The Bertz CT molecular complexity index is 1500. The molecule has 0 spiro atoms. The predicted molar refractivity (Wildman–Crippen MR) is 141 cm³/mol. The van der Waals surface area contributed by atoms with Crippen LogP contribution < -0.4 is 14.7 Å². The molecule has 4 rings (SSSR count). The van der Waals surface area contributed by atoms with Crippen LogP contribution in [0.25, 0.3) is 0 Å². The lowest BCUT2D eigenvalue weighted by molar-refractivity contribution is -0.137. The summed E-state index contributed by atoms with van der Waals surface area (Å²) in [6.45, 7) is 0.472. The van der Waals surface area contributed by atoms with E-state index in [0.717, 1.165) is 42.9 Å². The van der Waals surface area contributed by atoms with E-state index in [4.69, 9.17) is 11.6 Å². The number of nitrogens with zero attached hydrogens (tertiary/aromatic N) is 6. The standard InChI is InChI=1S/C24H24ClF4N7O4S/c1-34(2)20-12-35(23-9-15(3-7-31-23)24(27,28)29)8-5-18(20)33-19-11-17(26)21(10-16(19)25)41(38,39)36(40-14-37)22-4-6-30-13-32-22/h3-4,6-7,9-11,13-14,18,20,33H,5,8,12H2,1-2H3/t18-,20-/m0/s1. The first-order valence-electron chi connectivity index (χ1n) is 11.9. The fraction of sp³-hybridized carbons (Fsp3) is 0.333. The van der Waals surface area contributed by atoms with Crippen LogP contribution in [0.2, 0.25) is 5.02 Å². The molecule has 11 nitrogen and oxygen atoms in total. The third-order valence-corrected chi connectivity index (χ3v) is 8.28. The van der Waals surface area contributed by atoms with E-state index in [1.165, 1.54) is 6.20 Å². The van der Waals surface area contributed by atoms with Gasteiger partial charge < -0.3 is 20.0 Å².